The zero-order chi connectivity index (χ0) is 15.3. The van der Waals surface area contributed by atoms with Crippen molar-refractivity contribution >= 4 is 18.0 Å². The number of hydrogen-bond acceptors (Lipinski definition) is 3. The van der Waals surface area contributed by atoms with Crippen molar-refractivity contribution in [3.05, 3.63) is 0 Å². The van der Waals surface area contributed by atoms with Crippen molar-refractivity contribution in [1.29, 1.82) is 0 Å². The minimum absolute atomic E-state index is 0.160. The predicted molar refractivity (Wildman–Crippen MR) is 71.4 cm³/mol. The number of aliphatic carboxylic acids is 2. The average Bonchev–Trinajstić information content (AvgIpc) is 3.11. The number of amides is 2. The highest BCUT2D eigenvalue weighted by atomic mass is 16.4. The van der Waals surface area contributed by atoms with E-state index in [9.17, 15) is 14.4 Å². The molecule has 20 heavy (non-hydrogen) atoms. The van der Waals surface area contributed by atoms with Crippen LogP contribution in [-0.4, -0.2) is 51.7 Å². The largest absolute Gasteiger partial charge is 0.481 e. The summed E-state index contributed by atoms with van der Waals surface area (Å²) >= 11 is 0. The van der Waals surface area contributed by atoms with Crippen LogP contribution >= 0.6 is 0 Å². The van der Waals surface area contributed by atoms with Crippen LogP contribution in [0.15, 0.2) is 0 Å². The lowest BCUT2D eigenvalue weighted by atomic mass is 10.1. The Morgan fingerprint density at radius 1 is 1.25 bits per heavy atom. The van der Waals surface area contributed by atoms with Crippen LogP contribution in [0.2, 0.25) is 0 Å². The van der Waals surface area contributed by atoms with Gasteiger partial charge in [-0.05, 0) is 25.2 Å². The fraction of sp³-hybridized carbons (Fsp3) is 0.769. The summed E-state index contributed by atoms with van der Waals surface area (Å²) in [5.41, 5.74) is 0. The minimum atomic E-state index is -1.39. The second kappa shape index (κ2) is 7.12. The van der Waals surface area contributed by atoms with Gasteiger partial charge < -0.3 is 20.4 Å². The van der Waals surface area contributed by atoms with Crippen molar-refractivity contribution in [3.63, 3.8) is 0 Å². The van der Waals surface area contributed by atoms with Crippen LogP contribution in [0.3, 0.4) is 0 Å². The van der Waals surface area contributed by atoms with E-state index in [4.69, 9.17) is 10.2 Å². The molecule has 1 atom stereocenters. The number of carboxylic acid groups (broad SMARTS) is 2. The van der Waals surface area contributed by atoms with Crippen LogP contribution in [0.4, 0.5) is 4.79 Å². The van der Waals surface area contributed by atoms with E-state index in [1.807, 2.05) is 13.8 Å². The average molecular weight is 286 g/mol. The molecule has 2 amide bonds. The Kier molecular flexibility index (Phi) is 5.79. The Bertz CT molecular complexity index is 379. The van der Waals surface area contributed by atoms with Gasteiger partial charge in [0.05, 0.1) is 6.42 Å². The maximum Gasteiger partial charge on any atom is 0.326 e. The molecule has 0 aromatic carbocycles. The summed E-state index contributed by atoms with van der Waals surface area (Å²) in [7, 11) is 0. The van der Waals surface area contributed by atoms with Crippen molar-refractivity contribution in [1.82, 2.24) is 10.2 Å². The Morgan fingerprint density at radius 2 is 1.85 bits per heavy atom. The molecule has 114 valence electrons. The molecule has 1 aliphatic rings. The van der Waals surface area contributed by atoms with E-state index in [0.717, 1.165) is 19.3 Å². The van der Waals surface area contributed by atoms with Crippen LogP contribution < -0.4 is 5.32 Å². The molecule has 7 nitrogen and oxygen atoms in total. The van der Waals surface area contributed by atoms with Gasteiger partial charge in [0.1, 0.15) is 6.04 Å². The Labute approximate surface area is 117 Å². The lowest BCUT2D eigenvalue weighted by Crippen LogP contribution is -2.49. The second-order valence-electron chi connectivity index (χ2n) is 5.55. The number of carboxylic acids is 2. The highest BCUT2D eigenvalue weighted by Gasteiger charge is 2.34. The van der Waals surface area contributed by atoms with E-state index in [1.54, 1.807) is 4.90 Å². The SMILES string of the molecule is CC(C)CCN(C(=O)NC(CC(=O)O)C(=O)O)C1CC1. The monoisotopic (exact) mass is 286 g/mol. The van der Waals surface area contributed by atoms with Gasteiger partial charge in [0.2, 0.25) is 0 Å². The fourth-order valence-electron chi connectivity index (χ4n) is 1.84. The normalized spacial score (nSPS) is 15.8. The second-order valence-corrected chi connectivity index (χ2v) is 5.55. The van der Waals surface area contributed by atoms with Gasteiger partial charge in [-0.25, -0.2) is 9.59 Å². The van der Waals surface area contributed by atoms with Crippen molar-refractivity contribution in [3.8, 4) is 0 Å². The summed E-state index contributed by atoms with van der Waals surface area (Å²) in [6.07, 6.45) is 2.05. The van der Waals surface area contributed by atoms with Gasteiger partial charge >= 0.3 is 18.0 Å². The number of rotatable bonds is 8. The Hall–Kier alpha value is -1.79. The fourth-order valence-corrected chi connectivity index (χ4v) is 1.84. The number of carbonyl (C=O) groups is 3. The molecule has 0 spiro atoms. The summed E-state index contributed by atoms with van der Waals surface area (Å²) < 4.78 is 0. The third-order valence-corrected chi connectivity index (χ3v) is 3.17. The molecular weight excluding hydrogens is 264 g/mol. The molecule has 0 aliphatic heterocycles. The maximum absolute atomic E-state index is 12.1. The third kappa shape index (κ3) is 5.46. The molecule has 0 aromatic rings. The van der Waals surface area contributed by atoms with Crippen molar-refractivity contribution < 1.29 is 24.6 Å². The summed E-state index contributed by atoms with van der Waals surface area (Å²) in [4.78, 5) is 35.3. The number of nitrogens with one attached hydrogen (secondary N) is 1. The van der Waals surface area contributed by atoms with Gasteiger partial charge in [0.15, 0.2) is 0 Å². The van der Waals surface area contributed by atoms with E-state index < -0.39 is 30.4 Å². The molecular formula is C13H22N2O5. The van der Waals surface area contributed by atoms with E-state index >= 15 is 0 Å². The number of nitrogens with zero attached hydrogens (tertiary/aromatic N) is 1. The maximum atomic E-state index is 12.1. The topological polar surface area (TPSA) is 107 Å². The molecule has 3 N–H and O–H groups in total. The van der Waals surface area contributed by atoms with Gasteiger partial charge in [-0.1, -0.05) is 13.8 Å². The molecule has 7 heteroatoms. The van der Waals surface area contributed by atoms with Gasteiger partial charge in [0.25, 0.3) is 0 Å². The first kappa shape index (κ1) is 16.3. The van der Waals surface area contributed by atoms with E-state index in [-0.39, 0.29) is 6.04 Å². The standard InChI is InChI=1S/C13H22N2O5/c1-8(2)5-6-15(9-3-4-9)13(20)14-10(12(18)19)7-11(16)17/h8-10H,3-7H2,1-2H3,(H,14,20)(H,16,17)(H,18,19). The molecule has 1 unspecified atom stereocenters. The van der Waals surface area contributed by atoms with Gasteiger partial charge in [-0.15, -0.1) is 0 Å². The van der Waals surface area contributed by atoms with Crippen LogP contribution in [0, 0.1) is 5.92 Å². The highest BCUT2D eigenvalue weighted by molar-refractivity contribution is 5.86. The summed E-state index contributed by atoms with van der Waals surface area (Å²) in [6.45, 7) is 4.66. The summed E-state index contributed by atoms with van der Waals surface area (Å²) in [6, 6.07) is -1.71. The molecule has 0 bridgehead atoms. The van der Waals surface area contributed by atoms with Gasteiger partial charge in [-0.2, -0.15) is 0 Å². The number of urea groups is 1. The number of carbonyl (C=O) groups excluding carboxylic acids is 1. The molecule has 1 aliphatic carbocycles. The molecule has 0 radical (unpaired) electrons. The molecule has 0 heterocycles. The van der Waals surface area contributed by atoms with Crippen molar-refractivity contribution in [2.75, 3.05) is 6.54 Å². The first-order chi connectivity index (χ1) is 9.31. The molecule has 0 aromatic heterocycles. The van der Waals surface area contributed by atoms with Gasteiger partial charge in [0, 0.05) is 12.6 Å². The third-order valence-electron chi connectivity index (χ3n) is 3.17. The molecule has 1 fully saturated rings. The van der Waals surface area contributed by atoms with Gasteiger partial charge in [-0.3, -0.25) is 4.79 Å². The lowest BCUT2D eigenvalue weighted by Gasteiger charge is -2.25. The smallest absolute Gasteiger partial charge is 0.326 e. The highest BCUT2D eigenvalue weighted by Crippen LogP contribution is 2.27. The number of hydrogen-bond donors (Lipinski definition) is 3. The Morgan fingerprint density at radius 3 is 2.25 bits per heavy atom. The summed E-state index contributed by atoms with van der Waals surface area (Å²) in [5.74, 6) is -2.14. The molecule has 0 saturated heterocycles. The van der Waals surface area contributed by atoms with Crippen LogP contribution in [-0.2, 0) is 9.59 Å². The quantitative estimate of drug-likeness (QED) is 0.620. The van der Waals surface area contributed by atoms with Crippen LogP contribution in [0.1, 0.15) is 39.5 Å². The Balaban J connectivity index is 2.59. The van der Waals surface area contributed by atoms with Crippen molar-refractivity contribution in [2.24, 2.45) is 5.92 Å². The van der Waals surface area contributed by atoms with E-state index in [0.29, 0.717) is 12.5 Å². The van der Waals surface area contributed by atoms with E-state index in [2.05, 4.69) is 5.32 Å². The zero-order valence-electron chi connectivity index (χ0n) is 11.8. The van der Waals surface area contributed by atoms with Crippen LogP contribution in [0.5, 0.6) is 0 Å². The predicted octanol–water partition coefficient (Wildman–Crippen LogP) is 1.13. The first-order valence-corrected chi connectivity index (χ1v) is 6.83. The van der Waals surface area contributed by atoms with Crippen LogP contribution in [0.25, 0.3) is 0 Å². The molecule has 1 rings (SSSR count). The lowest BCUT2D eigenvalue weighted by molar-refractivity contribution is -0.145. The van der Waals surface area contributed by atoms with Crippen molar-refractivity contribution in [2.45, 2.75) is 51.6 Å². The van der Waals surface area contributed by atoms with E-state index in [1.165, 1.54) is 0 Å². The zero-order valence-corrected chi connectivity index (χ0v) is 11.8. The minimum Gasteiger partial charge on any atom is -0.481 e. The molecule has 1 saturated carbocycles. The summed E-state index contributed by atoms with van der Waals surface area (Å²) in [5, 5.41) is 19.9. The first-order valence-electron chi connectivity index (χ1n) is 6.83.